The van der Waals surface area contributed by atoms with Gasteiger partial charge in [0.15, 0.2) is 11.5 Å². The minimum absolute atomic E-state index is 0.00240. The maximum atomic E-state index is 12.6. The summed E-state index contributed by atoms with van der Waals surface area (Å²) in [6.45, 7) is 2.60. The van der Waals surface area contributed by atoms with Crippen LogP contribution in [-0.4, -0.2) is 24.5 Å². The van der Waals surface area contributed by atoms with Crippen LogP contribution in [0.15, 0.2) is 70.7 Å². The Labute approximate surface area is 222 Å². The molecule has 0 spiro atoms. The van der Waals surface area contributed by atoms with Gasteiger partial charge in [-0.1, -0.05) is 12.1 Å². The number of non-ortho nitro benzene ring substituents is 1. The zero-order chi connectivity index (χ0) is 26.8. The molecule has 0 bridgehead atoms. The highest BCUT2D eigenvalue weighted by Gasteiger charge is 2.15. The molecule has 37 heavy (non-hydrogen) atoms. The number of carbonyl (C=O) groups is 1. The summed E-state index contributed by atoms with van der Waals surface area (Å²) >= 11 is 3.48. The predicted octanol–water partition coefficient (Wildman–Crippen LogP) is 5.57. The molecular weight excluding hydrogens is 542 g/mol. The lowest BCUT2D eigenvalue weighted by molar-refractivity contribution is -0.384. The first-order valence-corrected chi connectivity index (χ1v) is 12.0. The minimum atomic E-state index is -0.508. The lowest BCUT2D eigenvalue weighted by Crippen LogP contribution is -2.23. The Morgan fingerprint density at radius 1 is 1.11 bits per heavy atom. The van der Waals surface area contributed by atoms with E-state index in [-0.39, 0.29) is 24.4 Å². The third kappa shape index (κ3) is 7.56. The van der Waals surface area contributed by atoms with Crippen molar-refractivity contribution in [1.82, 2.24) is 5.32 Å². The van der Waals surface area contributed by atoms with Gasteiger partial charge in [-0.2, -0.15) is 5.26 Å². The zero-order valence-corrected chi connectivity index (χ0v) is 21.8. The van der Waals surface area contributed by atoms with Gasteiger partial charge in [0.25, 0.3) is 11.6 Å². The second-order valence-corrected chi connectivity index (χ2v) is 8.53. The van der Waals surface area contributed by atoms with Crippen molar-refractivity contribution in [2.24, 2.45) is 0 Å². The number of nitrogens with one attached hydrogen (secondary N) is 1. The fourth-order valence-corrected chi connectivity index (χ4v) is 3.85. The average molecular weight is 566 g/mol. The smallest absolute Gasteiger partial charge is 0.269 e. The van der Waals surface area contributed by atoms with Crippen molar-refractivity contribution in [2.45, 2.75) is 20.1 Å². The van der Waals surface area contributed by atoms with Crippen LogP contribution in [0.2, 0.25) is 0 Å². The van der Waals surface area contributed by atoms with Crippen molar-refractivity contribution in [3.8, 4) is 23.3 Å². The molecule has 3 aromatic rings. The van der Waals surface area contributed by atoms with Gasteiger partial charge in [-0.3, -0.25) is 14.9 Å². The first-order valence-electron chi connectivity index (χ1n) is 11.2. The number of rotatable bonds is 11. The summed E-state index contributed by atoms with van der Waals surface area (Å²) in [5.74, 6) is 1.05. The van der Waals surface area contributed by atoms with Crippen molar-refractivity contribution in [3.05, 3.63) is 97.5 Å². The molecule has 0 fully saturated rings. The molecule has 0 saturated carbocycles. The van der Waals surface area contributed by atoms with Crippen LogP contribution in [0, 0.1) is 21.4 Å². The van der Waals surface area contributed by atoms with Crippen LogP contribution in [0.25, 0.3) is 6.08 Å². The maximum Gasteiger partial charge on any atom is 0.269 e. The number of benzene rings is 3. The fraction of sp³-hybridized carbons (Fsp3) is 0.185. The van der Waals surface area contributed by atoms with Gasteiger partial charge in [0.1, 0.15) is 24.0 Å². The molecule has 3 rings (SSSR count). The SMILES string of the molecule is CCOc1cc(/C=C(/C#N)C(=O)NCc2ccc(OC)cc2)cc(Br)c1OCc1ccc([N+](=O)[O-])cc1. The first kappa shape index (κ1) is 27.2. The number of nitro groups is 1. The van der Waals surface area contributed by atoms with Gasteiger partial charge < -0.3 is 19.5 Å². The van der Waals surface area contributed by atoms with E-state index in [0.717, 1.165) is 11.1 Å². The normalized spacial score (nSPS) is 10.8. The lowest BCUT2D eigenvalue weighted by Gasteiger charge is -2.15. The van der Waals surface area contributed by atoms with Crippen LogP contribution >= 0.6 is 15.9 Å². The molecule has 10 heteroatoms. The van der Waals surface area contributed by atoms with E-state index in [1.165, 1.54) is 18.2 Å². The fourth-order valence-electron chi connectivity index (χ4n) is 3.28. The molecule has 1 amide bonds. The van der Waals surface area contributed by atoms with Crippen LogP contribution in [0.4, 0.5) is 5.69 Å². The number of nitrogens with zero attached hydrogens (tertiary/aromatic N) is 2. The van der Waals surface area contributed by atoms with Gasteiger partial charge >= 0.3 is 0 Å². The van der Waals surface area contributed by atoms with Gasteiger partial charge in [0, 0.05) is 18.7 Å². The van der Waals surface area contributed by atoms with Crippen LogP contribution in [0.5, 0.6) is 17.2 Å². The Hall–Kier alpha value is -4.36. The number of hydrogen-bond acceptors (Lipinski definition) is 7. The molecule has 0 aromatic heterocycles. The molecule has 190 valence electrons. The number of nitriles is 1. The predicted molar refractivity (Wildman–Crippen MR) is 141 cm³/mol. The van der Waals surface area contributed by atoms with Gasteiger partial charge in [-0.15, -0.1) is 0 Å². The third-order valence-corrected chi connectivity index (χ3v) is 5.74. The first-order chi connectivity index (χ1) is 17.8. The second kappa shape index (κ2) is 13.1. The monoisotopic (exact) mass is 565 g/mol. The number of amides is 1. The number of nitro benzene ring substituents is 1. The molecule has 0 aliphatic carbocycles. The van der Waals surface area contributed by atoms with Crippen molar-refractivity contribution in [2.75, 3.05) is 13.7 Å². The number of methoxy groups -OCH3 is 1. The molecule has 0 aliphatic heterocycles. The second-order valence-electron chi connectivity index (χ2n) is 7.68. The molecule has 0 unspecified atom stereocenters. The summed E-state index contributed by atoms with van der Waals surface area (Å²) in [5, 5.41) is 23.2. The van der Waals surface area contributed by atoms with E-state index in [4.69, 9.17) is 14.2 Å². The zero-order valence-electron chi connectivity index (χ0n) is 20.2. The minimum Gasteiger partial charge on any atom is -0.497 e. The van der Waals surface area contributed by atoms with Crippen LogP contribution in [0.3, 0.4) is 0 Å². The Morgan fingerprint density at radius 2 is 1.78 bits per heavy atom. The van der Waals surface area contributed by atoms with Crippen molar-refractivity contribution < 1.29 is 23.9 Å². The summed E-state index contributed by atoms with van der Waals surface area (Å²) in [6.07, 6.45) is 1.47. The van der Waals surface area contributed by atoms with E-state index in [0.29, 0.717) is 33.9 Å². The van der Waals surface area contributed by atoms with E-state index >= 15 is 0 Å². The summed E-state index contributed by atoms with van der Waals surface area (Å²) < 4.78 is 17.3. The highest BCUT2D eigenvalue weighted by molar-refractivity contribution is 9.10. The van der Waals surface area contributed by atoms with E-state index in [1.54, 1.807) is 43.5 Å². The van der Waals surface area contributed by atoms with Gasteiger partial charge in [-0.25, -0.2) is 0 Å². The van der Waals surface area contributed by atoms with Gasteiger partial charge in [-0.05, 0) is 82.0 Å². The topological polar surface area (TPSA) is 124 Å². The highest BCUT2D eigenvalue weighted by Crippen LogP contribution is 2.38. The molecular formula is C27H24BrN3O6. The highest BCUT2D eigenvalue weighted by atomic mass is 79.9. The van der Waals surface area contributed by atoms with Crippen molar-refractivity contribution >= 4 is 33.6 Å². The van der Waals surface area contributed by atoms with E-state index in [9.17, 15) is 20.2 Å². The Balaban J connectivity index is 1.75. The molecule has 0 heterocycles. The standard InChI is InChI=1S/C27H24BrN3O6/c1-3-36-25-14-20(12-21(15-29)27(32)30-16-18-6-10-23(35-2)11-7-18)13-24(28)26(25)37-17-19-4-8-22(9-5-19)31(33)34/h4-14H,3,16-17H2,1-2H3,(H,30,32)/b21-12-. The lowest BCUT2D eigenvalue weighted by atomic mass is 10.1. The molecule has 3 aromatic carbocycles. The Bertz CT molecular complexity index is 1330. The summed E-state index contributed by atoms with van der Waals surface area (Å²) in [6, 6.07) is 18.6. The Morgan fingerprint density at radius 3 is 2.38 bits per heavy atom. The molecule has 0 atom stereocenters. The summed E-state index contributed by atoms with van der Waals surface area (Å²) in [4.78, 5) is 23.0. The molecule has 0 radical (unpaired) electrons. The Kier molecular flexibility index (Phi) is 9.63. The summed E-state index contributed by atoms with van der Waals surface area (Å²) in [5.41, 5.74) is 2.10. The van der Waals surface area contributed by atoms with Gasteiger partial charge in [0.2, 0.25) is 0 Å². The third-order valence-electron chi connectivity index (χ3n) is 5.15. The largest absolute Gasteiger partial charge is 0.497 e. The summed E-state index contributed by atoms with van der Waals surface area (Å²) in [7, 11) is 1.58. The molecule has 0 saturated heterocycles. The number of halogens is 1. The molecule has 9 nitrogen and oxygen atoms in total. The number of ether oxygens (including phenoxy) is 3. The van der Waals surface area contributed by atoms with Crippen LogP contribution in [0.1, 0.15) is 23.6 Å². The molecule has 1 N–H and O–H groups in total. The van der Waals surface area contributed by atoms with Crippen LogP contribution in [-0.2, 0) is 17.9 Å². The van der Waals surface area contributed by atoms with Gasteiger partial charge in [0.05, 0.1) is 23.1 Å². The van der Waals surface area contributed by atoms with Crippen LogP contribution < -0.4 is 19.5 Å². The van der Waals surface area contributed by atoms with Crippen molar-refractivity contribution in [1.29, 1.82) is 5.26 Å². The molecule has 0 aliphatic rings. The van der Waals surface area contributed by atoms with Crippen molar-refractivity contribution in [3.63, 3.8) is 0 Å². The number of carbonyl (C=O) groups excluding carboxylic acids is 1. The van der Waals surface area contributed by atoms with E-state index in [2.05, 4.69) is 21.2 Å². The quantitative estimate of drug-likeness (QED) is 0.139. The average Bonchev–Trinajstić information content (AvgIpc) is 2.90. The van der Waals surface area contributed by atoms with E-state index in [1.807, 2.05) is 25.1 Å². The maximum absolute atomic E-state index is 12.6. The number of hydrogen-bond donors (Lipinski definition) is 1. The van der Waals surface area contributed by atoms with E-state index < -0.39 is 10.8 Å².